The van der Waals surface area contributed by atoms with Crippen molar-refractivity contribution in [2.45, 2.75) is 33.6 Å². The molecule has 1 saturated carbocycles. The van der Waals surface area contributed by atoms with E-state index in [0.717, 1.165) is 18.5 Å². The number of rotatable bonds is 4. The van der Waals surface area contributed by atoms with Crippen LogP contribution < -0.4 is 5.32 Å². The lowest BCUT2D eigenvalue weighted by Crippen LogP contribution is -2.52. The zero-order chi connectivity index (χ0) is 17.3. The number of nitrogens with one attached hydrogen (secondary N) is 1. The number of carbonyl (C=O) groups excluding carboxylic acids is 2. The number of hydrogen-bond donors (Lipinski definition) is 1. The minimum absolute atomic E-state index is 0.105. The molecule has 0 spiro atoms. The standard InChI is InChI=1S/C19H27N3O2/c1-13-10-14(2)18(15(3)11-13)20-12-17(23)21-6-8-22(9-7-21)19(24)16-4-5-16/h10-11,16,20H,4-9,12H2,1-3H3. The summed E-state index contributed by atoms with van der Waals surface area (Å²) in [7, 11) is 0. The molecule has 130 valence electrons. The maximum absolute atomic E-state index is 12.4. The number of nitrogens with zero attached hydrogens (tertiary/aromatic N) is 2. The molecule has 0 aromatic heterocycles. The Hall–Kier alpha value is -2.04. The van der Waals surface area contributed by atoms with Gasteiger partial charge in [-0.1, -0.05) is 17.7 Å². The Bertz CT molecular complexity index is 621. The van der Waals surface area contributed by atoms with Crippen LogP contribution in [0.25, 0.3) is 0 Å². The fourth-order valence-electron chi connectivity index (χ4n) is 3.50. The van der Waals surface area contributed by atoms with E-state index in [1.54, 1.807) is 0 Å². The molecule has 3 rings (SSSR count). The highest BCUT2D eigenvalue weighted by atomic mass is 16.2. The molecule has 1 aliphatic carbocycles. The number of anilines is 1. The van der Waals surface area contributed by atoms with Crippen molar-refractivity contribution in [1.82, 2.24) is 9.80 Å². The number of amides is 2. The number of hydrogen-bond acceptors (Lipinski definition) is 3. The molecule has 2 amide bonds. The molecule has 0 unspecified atom stereocenters. The quantitative estimate of drug-likeness (QED) is 0.920. The van der Waals surface area contributed by atoms with Crippen LogP contribution in [0.4, 0.5) is 5.69 Å². The van der Waals surface area contributed by atoms with Crippen molar-refractivity contribution in [3.05, 3.63) is 28.8 Å². The first-order chi connectivity index (χ1) is 11.5. The predicted octanol–water partition coefficient (Wildman–Crippen LogP) is 2.10. The van der Waals surface area contributed by atoms with Crippen molar-refractivity contribution in [3.63, 3.8) is 0 Å². The Balaban J connectivity index is 1.50. The number of benzene rings is 1. The third-order valence-electron chi connectivity index (χ3n) is 4.96. The SMILES string of the molecule is Cc1cc(C)c(NCC(=O)N2CCN(C(=O)C3CC3)CC2)c(C)c1. The van der Waals surface area contributed by atoms with Gasteiger partial charge in [-0.05, 0) is 44.7 Å². The van der Waals surface area contributed by atoms with Gasteiger partial charge in [0.05, 0.1) is 6.54 Å². The molecule has 2 fully saturated rings. The van der Waals surface area contributed by atoms with Crippen molar-refractivity contribution < 1.29 is 9.59 Å². The Morgan fingerprint density at radius 3 is 2.08 bits per heavy atom. The van der Waals surface area contributed by atoms with Gasteiger partial charge < -0.3 is 15.1 Å². The minimum atomic E-state index is 0.105. The van der Waals surface area contributed by atoms with E-state index in [2.05, 4.69) is 38.2 Å². The van der Waals surface area contributed by atoms with Gasteiger partial charge in [0.2, 0.25) is 11.8 Å². The molecular formula is C19H27N3O2. The maximum atomic E-state index is 12.4. The monoisotopic (exact) mass is 329 g/mol. The summed E-state index contributed by atoms with van der Waals surface area (Å²) in [6, 6.07) is 4.25. The summed E-state index contributed by atoms with van der Waals surface area (Å²) in [5.74, 6) is 0.653. The van der Waals surface area contributed by atoms with Crippen LogP contribution in [0.3, 0.4) is 0 Å². The highest BCUT2D eigenvalue weighted by molar-refractivity contribution is 5.83. The van der Waals surface area contributed by atoms with Crippen LogP contribution >= 0.6 is 0 Å². The van der Waals surface area contributed by atoms with Crippen LogP contribution in [-0.2, 0) is 9.59 Å². The summed E-state index contributed by atoms with van der Waals surface area (Å²) in [5, 5.41) is 3.30. The molecular weight excluding hydrogens is 302 g/mol. The van der Waals surface area contributed by atoms with Gasteiger partial charge in [0.15, 0.2) is 0 Å². The summed E-state index contributed by atoms with van der Waals surface area (Å²) in [5.41, 5.74) is 4.62. The van der Waals surface area contributed by atoms with Crippen molar-refractivity contribution in [2.24, 2.45) is 5.92 Å². The second kappa shape index (κ2) is 6.83. The van der Waals surface area contributed by atoms with Crippen LogP contribution in [-0.4, -0.2) is 54.3 Å². The van der Waals surface area contributed by atoms with Crippen molar-refractivity contribution in [1.29, 1.82) is 0 Å². The van der Waals surface area contributed by atoms with E-state index < -0.39 is 0 Å². The van der Waals surface area contributed by atoms with Crippen molar-refractivity contribution in [3.8, 4) is 0 Å². The first kappa shape index (κ1) is 16.8. The smallest absolute Gasteiger partial charge is 0.241 e. The third-order valence-corrected chi connectivity index (χ3v) is 4.96. The summed E-state index contributed by atoms with van der Waals surface area (Å²) in [6.07, 6.45) is 2.08. The van der Waals surface area contributed by atoms with Gasteiger partial charge in [-0.2, -0.15) is 0 Å². The number of aryl methyl sites for hydroxylation is 3. The lowest BCUT2D eigenvalue weighted by molar-refractivity contribution is -0.139. The fourth-order valence-corrected chi connectivity index (χ4v) is 3.50. The Labute approximate surface area is 144 Å². The van der Waals surface area contributed by atoms with Gasteiger partial charge in [0, 0.05) is 37.8 Å². The largest absolute Gasteiger partial charge is 0.376 e. The molecule has 1 saturated heterocycles. The molecule has 24 heavy (non-hydrogen) atoms. The zero-order valence-corrected chi connectivity index (χ0v) is 14.9. The Kier molecular flexibility index (Phi) is 4.78. The Morgan fingerprint density at radius 2 is 1.54 bits per heavy atom. The summed E-state index contributed by atoms with van der Waals surface area (Å²) in [6.45, 7) is 9.14. The first-order valence-corrected chi connectivity index (χ1v) is 8.84. The first-order valence-electron chi connectivity index (χ1n) is 8.84. The highest BCUT2D eigenvalue weighted by Crippen LogP contribution is 2.31. The van der Waals surface area contributed by atoms with Crippen molar-refractivity contribution >= 4 is 17.5 Å². The third kappa shape index (κ3) is 3.71. The van der Waals surface area contributed by atoms with E-state index in [-0.39, 0.29) is 17.7 Å². The highest BCUT2D eigenvalue weighted by Gasteiger charge is 2.35. The maximum Gasteiger partial charge on any atom is 0.241 e. The van der Waals surface area contributed by atoms with E-state index >= 15 is 0 Å². The molecule has 1 aromatic rings. The van der Waals surface area contributed by atoms with Gasteiger partial charge in [-0.25, -0.2) is 0 Å². The minimum Gasteiger partial charge on any atom is -0.376 e. The van der Waals surface area contributed by atoms with Crippen LogP contribution in [0.5, 0.6) is 0 Å². The molecule has 5 nitrogen and oxygen atoms in total. The van der Waals surface area contributed by atoms with Crippen LogP contribution in [0.2, 0.25) is 0 Å². The van der Waals surface area contributed by atoms with Crippen LogP contribution in [0.15, 0.2) is 12.1 Å². The van der Waals surface area contributed by atoms with E-state index in [4.69, 9.17) is 0 Å². The summed E-state index contributed by atoms with van der Waals surface area (Å²) in [4.78, 5) is 28.3. The zero-order valence-electron chi connectivity index (χ0n) is 14.9. The lowest BCUT2D eigenvalue weighted by Gasteiger charge is -2.35. The van der Waals surface area contributed by atoms with E-state index in [9.17, 15) is 9.59 Å². The molecule has 5 heteroatoms. The molecule has 0 atom stereocenters. The van der Waals surface area contributed by atoms with E-state index in [1.807, 2.05) is 9.80 Å². The summed E-state index contributed by atoms with van der Waals surface area (Å²) >= 11 is 0. The van der Waals surface area contributed by atoms with Crippen LogP contribution in [0.1, 0.15) is 29.5 Å². The number of carbonyl (C=O) groups is 2. The van der Waals surface area contributed by atoms with Gasteiger partial charge in [-0.15, -0.1) is 0 Å². The molecule has 1 aromatic carbocycles. The van der Waals surface area contributed by atoms with E-state index in [0.29, 0.717) is 32.7 Å². The van der Waals surface area contributed by atoms with Crippen LogP contribution in [0, 0.1) is 26.7 Å². The van der Waals surface area contributed by atoms with Gasteiger partial charge in [-0.3, -0.25) is 9.59 Å². The average Bonchev–Trinajstić information content (AvgIpc) is 3.38. The number of piperazine rings is 1. The molecule has 1 N–H and O–H groups in total. The molecule has 2 aliphatic rings. The molecule has 0 radical (unpaired) electrons. The molecule has 1 heterocycles. The lowest BCUT2D eigenvalue weighted by atomic mass is 10.1. The predicted molar refractivity (Wildman–Crippen MR) is 95.0 cm³/mol. The van der Waals surface area contributed by atoms with Gasteiger partial charge >= 0.3 is 0 Å². The van der Waals surface area contributed by atoms with E-state index in [1.165, 1.54) is 16.7 Å². The second-order valence-corrected chi connectivity index (χ2v) is 7.11. The summed E-state index contributed by atoms with van der Waals surface area (Å²) < 4.78 is 0. The molecule has 1 aliphatic heterocycles. The second-order valence-electron chi connectivity index (χ2n) is 7.11. The van der Waals surface area contributed by atoms with Gasteiger partial charge in [0.25, 0.3) is 0 Å². The fraction of sp³-hybridized carbons (Fsp3) is 0.579. The van der Waals surface area contributed by atoms with Gasteiger partial charge in [0.1, 0.15) is 0 Å². The average molecular weight is 329 g/mol. The Morgan fingerprint density at radius 1 is 1.00 bits per heavy atom. The van der Waals surface area contributed by atoms with Crippen molar-refractivity contribution in [2.75, 3.05) is 38.0 Å². The topological polar surface area (TPSA) is 52.7 Å². The molecule has 0 bridgehead atoms. The normalized spacial score (nSPS) is 17.8.